The Morgan fingerprint density at radius 3 is 1.97 bits per heavy atom. The predicted molar refractivity (Wildman–Crippen MR) is 157 cm³/mol. The molecule has 1 aromatic heterocycles. The Hall–Kier alpha value is -4.40. The highest BCUT2D eigenvalue weighted by molar-refractivity contribution is 7.27. The second-order valence-electron chi connectivity index (χ2n) is 9.07. The quantitative estimate of drug-likeness (QED) is 0.266. The molecule has 0 aliphatic carbocycles. The lowest BCUT2D eigenvalue weighted by atomic mass is 9.99. The Labute approximate surface area is 214 Å². The molecule has 6 aromatic carbocycles. The van der Waals surface area contributed by atoms with Gasteiger partial charge in [0, 0.05) is 26.7 Å². The summed E-state index contributed by atoms with van der Waals surface area (Å²) in [5, 5.41) is 8.91. The molecular weight excluding hydrogens is 454 g/mol. The molecule has 1 nitrogen and oxygen atoms in total. The van der Waals surface area contributed by atoms with E-state index in [-0.39, 0.29) is 0 Å². The summed E-state index contributed by atoms with van der Waals surface area (Å²) in [5.74, 6) is 0. The van der Waals surface area contributed by atoms with E-state index in [1.54, 1.807) is 0 Å². The largest absolute Gasteiger partial charge is 0.354 e. The van der Waals surface area contributed by atoms with Crippen molar-refractivity contribution in [3.63, 3.8) is 0 Å². The lowest BCUT2D eigenvalue weighted by Crippen LogP contribution is -1.93. The highest BCUT2D eigenvalue weighted by atomic mass is 32.1. The molecule has 170 valence electrons. The van der Waals surface area contributed by atoms with Gasteiger partial charge in [0.15, 0.2) is 0 Å². The third-order valence-corrected chi connectivity index (χ3v) is 8.15. The zero-order valence-electron chi connectivity index (χ0n) is 19.6. The molecule has 1 heterocycles. The van der Waals surface area contributed by atoms with Crippen molar-refractivity contribution >= 4 is 53.7 Å². The van der Waals surface area contributed by atoms with Gasteiger partial charge >= 0.3 is 0 Å². The van der Waals surface area contributed by atoms with E-state index in [2.05, 4.69) is 139 Å². The first-order valence-corrected chi connectivity index (χ1v) is 13.0. The summed E-state index contributed by atoms with van der Waals surface area (Å²) >= 11 is 1.87. The fraction of sp³-hybridized carbons (Fsp3) is 0. The highest BCUT2D eigenvalue weighted by Crippen LogP contribution is 2.44. The second-order valence-corrected chi connectivity index (χ2v) is 10.1. The second kappa shape index (κ2) is 8.67. The molecule has 0 bridgehead atoms. The van der Waals surface area contributed by atoms with Gasteiger partial charge in [-0.2, -0.15) is 0 Å². The topological polar surface area (TPSA) is 12.0 Å². The van der Waals surface area contributed by atoms with E-state index in [9.17, 15) is 0 Å². The maximum Gasteiger partial charge on any atom is 0.0590 e. The van der Waals surface area contributed by atoms with Crippen molar-refractivity contribution in [3.05, 3.63) is 133 Å². The van der Waals surface area contributed by atoms with Crippen LogP contribution >= 0.6 is 11.3 Å². The Balaban J connectivity index is 1.36. The smallest absolute Gasteiger partial charge is 0.0590 e. The lowest BCUT2D eigenvalue weighted by Gasteiger charge is -2.14. The summed E-state index contributed by atoms with van der Waals surface area (Å²) in [7, 11) is 0. The van der Waals surface area contributed by atoms with Crippen LogP contribution in [0.3, 0.4) is 0 Å². The molecule has 1 N–H and O–H groups in total. The van der Waals surface area contributed by atoms with Crippen LogP contribution in [0.5, 0.6) is 0 Å². The molecule has 0 amide bonds. The zero-order chi connectivity index (χ0) is 23.9. The third-order valence-electron chi connectivity index (χ3n) is 6.87. The molecule has 0 saturated carbocycles. The normalized spacial score (nSPS) is 11.3. The van der Waals surface area contributed by atoms with Gasteiger partial charge < -0.3 is 5.32 Å². The van der Waals surface area contributed by atoms with Crippen LogP contribution in [0.2, 0.25) is 0 Å². The monoisotopic (exact) mass is 477 g/mol. The average Bonchev–Trinajstić information content (AvgIpc) is 3.34. The number of nitrogens with one attached hydrogen (secondary N) is 1. The molecule has 0 atom stereocenters. The van der Waals surface area contributed by atoms with Crippen molar-refractivity contribution in [1.29, 1.82) is 0 Å². The third kappa shape index (κ3) is 3.55. The molecule has 0 fully saturated rings. The molecule has 0 aliphatic rings. The molecule has 0 aliphatic heterocycles. The van der Waals surface area contributed by atoms with Gasteiger partial charge in [0.1, 0.15) is 0 Å². The van der Waals surface area contributed by atoms with Crippen LogP contribution in [-0.4, -0.2) is 0 Å². The minimum absolute atomic E-state index is 1.11. The fourth-order valence-electron chi connectivity index (χ4n) is 5.11. The van der Waals surface area contributed by atoms with Gasteiger partial charge in [-0.25, -0.2) is 0 Å². The van der Waals surface area contributed by atoms with Crippen LogP contribution in [0.25, 0.3) is 53.2 Å². The molecule has 2 heteroatoms. The maximum absolute atomic E-state index is 3.79. The van der Waals surface area contributed by atoms with Gasteiger partial charge in [-0.1, -0.05) is 115 Å². The molecule has 7 aromatic rings. The summed E-state index contributed by atoms with van der Waals surface area (Å²) in [5.41, 5.74) is 7.21. The van der Waals surface area contributed by atoms with Gasteiger partial charge in [0.2, 0.25) is 0 Å². The van der Waals surface area contributed by atoms with E-state index >= 15 is 0 Å². The van der Waals surface area contributed by atoms with Crippen molar-refractivity contribution in [3.8, 4) is 22.3 Å². The van der Waals surface area contributed by atoms with Gasteiger partial charge in [0.25, 0.3) is 0 Å². The van der Waals surface area contributed by atoms with Crippen molar-refractivity contribution in [1.82, 2.24) is 0 Å². The molecule has 7 rings (SSSR count). The first-order chi connectivity index (χ1) is 17.8. The van der Waals surface area contributed by atoms with E-state index in [1.807, 2.05) is 11.3 Å². The van der Waals surface area contributed by atoms with Crippen LogP contribution in [0.4, 0.5) is 11.4 Å². The average molecular weight is 478 g/mol. The number of anilines is 2. The Kier molecular flexibility index (Phi) is 5.04. The van der Waals surface area contributed by atoms with E-state index in [0.717, 1.165) is 11.4 Å². The minimum atomic E-state index is 1.11. The lowest BCUT2D eigenvalue weighted by molar-refractivity contribution is 1.57. The predicted octanol–water partition coefficient (Wildman–Crippen LogP) is 10.3. The zero-order valence-corrected chi connectivity index (χ0v) is 20.4. The van der Waals surface area contributed by atoms with Crippen LogP contribution in [0, 0.1) is 0 Å². The SMILES string of the molecule is c1ccc(-c2cccc3c2sc2c(Nc4ccccc4-c4ccc5ccccc5c4)cccc23)cc1. The van der Waals surface area contributed by atoms with Crippen molar-refractivity contribution in [2.75, 3.05) is 5.32 Å². The standard InChI is InChI=1S/C34H23NS/c1-2-11-24(12-3-1)28-15-8-16-29-30-17-9-19-32(34(30)36-33(28)29)35-31-18-7-6-14-27(31)26-21-20-23-10-4-5-13-25(23)22-26/h1-22,35H. The summed E-state index contributed by atoms with van der Waals surface area (Å²) in [6.07, 6.45) is 0. The van der Waals surface area contributed by atoms with Crippen molar-refractivity contribution in [2.45, 2.75) is 0 Å². The fourth-order valence-corrected chi connectivity index (χ4v) is 6.41. The van der Waals surface area contributed by atoms with Crippen LogP contribution < -0.4 is 5.32 Å². The summed E-state index contributed by atoms with van der Waals surface area (Å²) in [6.45, 7) is 0. The van der Waals surface area contributed by atoms with Crippen LogP contribution in [0.1, 0.15) is 0 Å². The molecule has 0 spiro atoms. The molecule has 0 unspecified atom stereocenters. The number of thiophene rings is 1. The van der Waals surface area contributed by atoms with Gasteiger partial charge in [-0.15, -0.1) is 11.3 Å². The highest BCUT2D eigenvalue weighted by Gasteiger charge is 2.14. The Morgan fingerprint density at radius 2 is 1.08 bits per heavy atom. The maximum atomic E-state index is 3.79. The summed E-state index contributed by atoms with van der Waals surface area (Å²) in [4.78, 5) is 0. The number of rotatable bonds is 4. The van der Waals surface area contributed by atoms with Crippen LogP contribution in [-0.2, 0) is 0 Å². The number of fused-ring (bicyclic) bond motifs is 4. The van der Waals surface area contributed by atoms with Gasteiger partial charge in [-0.3, -0.25) is 0 Å². The summed E-state index contributed by atoms with van der Waals surface area (Å²) < 4.78 is 2.61. The van der Waals surface area contributed by atoms with Gasteiger partial charge in [0.05, 0.1) is 10.4 Å². The summed E-state index contributed by atoms with van der Waals surface area (Å²) in [6, 6.07) is 47.7. The van der Waals surface area contributed by atoms with E-state index < -0.39 is 0 Å². The number of hydrogen-bond acceptors (Lipinski definition) is 2. The Morgan fingerprint density at radius 1 is 0.417 bits per heavy atom. The number of benzene rings is 6. The van der Waals surface area contributed by atoms with Gasteiger partial charge in [-0.05, 0) is 45.7 Å². The van der Waals surface area contributed by atoms with E-state index in [0.29, 0.717) is 0 Å². The van der Waals surface area contributed by atoms with E-state index in [4.69, 9.17) is 0 Å². The minimum Gasteiger partial charge on any atom is -0.354 e. The first-order valence-electron chi connectivity index (χ1n) is 12.2. The first kappa shape index (κ1) is 20.9. The number of para-hydroxylation sites is 1. The molecule has 0 saturated heterocycles. The van der Waals surface area contributed by atoms with E-state index in [1.165, 1.54) is 53.2 Å². The Bertz CT molecular complexity index is 1860. The number of hydrogen-bond donors (Lipinski definition) is 1. The van der Waals surface area contributed by atoms with Crippen molar-refractivity contribution in [2.24, 2.45) is 0 Å². The van der Waals surface area contributed by atoms with Crippen molar-refractivity contribution < 1.29 is 0 Å². The molecular formula is C34H23NS. The molecule has 0 radical (unpaired) electrons. The molecule has 36 heavy (non-hydrogen) atoms. The van der Waals surface area contributed by atoms with Crippen LogP contribution in [0.15, 0.2) is 133 Å².